The van der Waals surface area contributed by atoms with Crippen LogP contribution in [-0.2, 0) is 0 Å². The quantitative estimate of drug-likeness (QED) is 0.701. The monoisotopic (exact) mass is 247 g/mol. The Labute approximate surface area is 101 Å². The number of aryl methyl sites for hydroxylation is 1. The Balaban J connectivity index is 1.95. The van der Waals surface area contributed by atoms with Gasteiger partial charge in [-0.15, -0.1) is 0 Å². The van der Waals surface area contributed by atoms with Gasteiger partial charge in [-0.1, -0.05) is 0 Å². The maximum atomic E-state index is 5.66. The number of nitrogen functional groups attached to an aromatic ring is 1. The number of oxazole rings is 2. The molecule has 0 amide bonds. The van der Waals surface area contributed by atoms with Gasteiger partial charge in [-0.2, -0.15) is 0 Å². The summed E-state index contributed by atoms with van der Waals surface area (Å²) in [6.07, 6.45) is 1.59. The van der Waals surface area contributed by atoms with E-state index in [0.717, 1.165) is 11.2 Å². The average Bonchev–Trinajstić information content (AvgIpc) is 2.84. The molecule has 2 heterocycles. The summed E-state index contributed by atoms with van der Waals surface area (Å²) in [6.45, 7) is 1.86. The first-order valence-corrected chi connectivity index (χ1v) is 5.78. The molecular weight excluding hydrogens is 238 g/mol. The van der Waals surface area contributed by atoms with Crippen LogP contribution in [0.15, 0.2) is 43.7 Å². The molecule has 6 heteroatoms. The van der Waals surface area contributed by atoms with E-state index < -0.39 is 0 Å². The van der Waals surface area contributed by atoms with Crippen LogP contribution in [0.1, 0.15) is 5.69 Å². The highest BCUT2D eigenvalue weighted by atomic mass is 32.2. The van der Waals surface area contributed by atoms with Crippen LogP contribution in [0, 0.1) is 6.92 Å². The standard InChI is InChI=1S/C11H9N3O2S/c1-6-5-15-10(13-6)17-11-14-8-3-2-7(12)4-9(8)16-11/h2-5H,12H2,1H3. The van der Waals surface area contributed by atoms with Crippen molar-refractivity contribution < 1.29 is 8.83 Å². The molecule has 5 nitrogen and oxygen atoms in total. The first-order valence-electron chi connectivity index (χ1n) is 4.97. The number of anilines is 1. The topological polar surface area (TPSA) is 78.1 Å². The molecule has 0 atom stereocenters. The van der Waals surface area contributed by atoms with Gasteiger partial charge in [0.05, 0.1) is 5.69 Å². The molecule has 2 aromatic heterocycles. The Kier molecular flexibility index (Phi) is 2.29. The van der Waals surface area contributed by atoms with Gasteiger partial charge in [0.15, 0.2) is 5.58 Å². The average molecular weight is 247 g/mol. The van der Waals surface area contributed by atoms with Crippen LogP contribution in [0.4, 0.5) is 5.69 Å². The highest BCUT2D eigenvalue weighted by Gasteiger charge is 2.11. The van der Waals surface area contributed by atoms with Crippen molar-refractivity contribution in [2.45, 2.75) is 17.4 Å². The Hall–Kier alpha value is -1.95. The van der Waals surface area contributed by atoms with E-state index in [0.29, 0.717) is 21.7 Å². The SMILES string of the molecule is Cc1coc(Sc2nc3ccc(N)cc3o2)n1. The molecule has 3 rings (SSSR count). The Morgan fingerprint density at radius 1 is 1.24 bits per heavy atom. The molecule has 0 spiro atoms. The van der Waals surface area contributed by atoms with Crippen molar-refractivity contribution in [1.29, 1.82) is 0 Å². The first kappa shape index (κ1) is 10.2. The third-order valence-electron chi connectivity index (χ3n) is 2.17. The fourth-order valence-electron chi connectivity index (χ4n) is 1.42. The second-order valence-corrected chi connectivity index (χ2v) is 4.47. The van der Waals surface area contributed by atoms with Gasteiger partial charge in [0, 0.05) is 23.5 Å². The molecule has 0 radical (unpaired) electrons. The lowest BCUT2D eigenvalue weighted by Crippen LogP contribution is -1.81. The lowest BCUT2D eigenvalue weighted by molar-refractivity contribution is 0.443. The molecule has 1 aromatic carbocycles. The number of rotatable bonds is 2. The molecule has 0 aliphatic rings. The minimum absolute atomic E-state index is 0.493. The predicted molar refractivity (Wildman–Crippen MR) is 63.8 cm³/mol. The van der Waals surface area contributed by atoms with E-state index in [2.05, 4.69) is 9.97 Å². The molecule has 2 N–H and O–H groups in total. The molecule has 0 fully saturated rings. The lowest BCUT2D eigenvalue weighted by Gasteiger charge is -1.88. The van der Waals surface area contributed by atoms with Gasteiger partial charge in [-0.3, -0.25) is 0 Å². The van der Waals surface area contributed by atoms with Crippen LogP contribution in [0.3, 0.4) is 0 Å². The molecule has 3 aromatic rings. The van der Waals surface area contributed by atoms with E-state index >= 15 is 0 Å². The maximum Gasteiger partial charge on any atom is 0.266 e. The first-order chi connectivity index (χ1) is 8.20. The van der Waals surface area contributed by atoms with E-state index in [9.17, 15) is 0 Å². The number of benzene rings is 1. The third-order valence-corrected chi connectivity index (χ3v) is 2.88. The number of hydrogen-bond acceptors (Lipinski definition) is 6. The van der Waals surface area contributed by atoms with Crippen molar-refractivity contribution >= 4 is 28.5 Å². The number of fused-ring (bicyclic) bond motifs is 1. The minimum Gasteiger partial charge on any atom is -0.439 e. The molecule has 0 aliphatic heterocycles. The van der Waals surface area contributed by atoms with E-state index in [1.54, 1.807) is 18.4 Å². The van der Waals surface area contributed by atoms with Crippen LogP contribution in [0.5, 0.6) is 0 Å². The van der Waals surface area contributed by atoms with Gasteiger partial charge in [0.2, 0.25) is 0 Å². The molecule has 0 unspecified atom stereocenters. The molecular formula is C11H9N3O2S. The van der Waals surface area contributed by atoms with Gasteiger partial charge < -0.3 is 14.6 Å². The van der Waals surface area contributed by atoms with Gasteiger partial charge in [-0.25, -0.2) is 9.97 Å². The Bertz CT molecular complexity index is 674. The molecule has 0 saturated carbocycles. The zero-order valence-electron chi connectivity index (χ0n) is 9.01. The van der Waals surface area contributed by atoms with Crippen molar-refractivity contribution in [3.8, 4) is 0 Å². The summed E-state index contributed by atoms with van der Waals surface area (Å²) >= 11 is 1.24. The van der Waals surface area contributed by atoms with Gasteiger partial charge in [0.25, 0.3) is 10.4 Å². The van der Waals surface area contributed by atoms with Crippen LogP contribution in [-0.4, -0.2) is 9.97 Å². The Morgan fingerprint density at radius 2 is 2.12 bits per heavy atom. The summed E-state index contributed by atoms with van der Waals surface area (Å²) in [5.41, 5.74) is 8.57. The van der Waals surface area contributed by atoms with Crippen molar-refractivity contribution in [2.75, 3.05) is 5.73 Å². The zero-order valence-corrected chi connectivity index (χ0v) is 9.82. The summed E-state index contributed by atoms with van der Waals surface area (Å²) in [4.78, 5) is 8.46. The third kappa shape index (κ3) is 1.99. The highest BCUT2D eigenvalue weighted by molar-refractivity contribution is 7.98. The van der Waals surface area contributed by atoms with Crippen LogP contribution >= 0.6 is 11.8 Å². The summed E-state index contributed by atoms with van der Waals surface area (Å²) in [5.74, 6) is 0. The Morgan fingerprint density at radius 3 is 2.88 bits per heavy atom. The van der Waals surface area contributed by atoms with Crippen molar-refractivity contribution in [1.82, 2.24) is 9.97 Å². The van der Waals surface area contributed by atoms with E-state index in [-0.39, 0.29) is 0 Å². The van der Waals surface area contributed by atoms with Crippen molar-refractivity contribution in [2.24, 2.45) is 0 Å². The molecule has 17 heavy (non-hydrogen) atoms. The van der Waals surface area contributed by atoms with Crippen LogP contribution in [0.2, 0.25) is 0 Å². The van der Waals surface area contributed by atoms with Gasteiger partial charge in [0.1, 0.15) is 11.8 Å². The highest BCUT2D eigenvalue weighted by Crippen LogP contribution is 2.29. The lowest BCUT2D eigenvalue weighted by atomic mass is 10.3. The fraction of sp³-hybridized carbons (Fsp3) is 0.0909. The largest absolute Gasteiger partial charge is 0.439 e. The number of nitrogens with two attached hydrogens (primary N) is 1. The van der Waals surface area contributed by atoms with E-state index in [1.807, 2.05) is 13.0 Å². The molecule has 86 valence electrons. The minimum atomic E-state index is 0.493. The number of aromatic nitrogens is 2. The molecule has 0 saturated heterocycles. The summed E-state index contributed by atoms with van der Waals surface area (Å²) in [7, 11) is 0. The summed E-state index contributed by atoms with van der Waals surface area (Å²) < 4.78 is 10.7. The van der Waals surface area contributed by atoms with E-state index in [1.165, 1.54) is 11.8 Å². The van der Waals surface area contributed by atoms with E-state index in [4.69, 9.17) is 14.6 Å². The molecule has 0 bridgehead atoms. The van der Waals surface area contributed by atoms with Gasteiger partial charge in [-0.05, 0) is 19.1 Å². The van der Waals surface area contributed by atoms with Gasteiger partial charge >= 0.3 is 0 Å². The second-order valence-electron chi connectivity index (χ2n) is 3.56. The number of nitrogens with zero attached hydrogens (tertiary/aromatic N) is 2. The normalized spacial score (nSPS) is 11.1. The summed E-state index contributed by atoms with van der Waals surface area (Å²) in [6, 6.07) is 5.35. The predicted octanol–water partition coefficient (Wildman–Crippen LogP) is 2.86. The smallest absolute Gasteiger partial charge is 0.266 e. The van der Waals surface area contributed by atoms with Crippen LogP contribution in [0.25, 0.3) is 11.1 Å². The number of hydrogen-bond donors (Lipinski definition) is 1. The molecule has 0 aliphatic carbocycles. The fourth-order valence-corrected chi connectivity index (χ4v) is 2.13. The second kappa shape index (κ2) is 3.81. The van der Waals surface area contributed by atoms with Crippen molar-refractivity contribution in [3.05, 3.63) is 30.2 Å². The zero-order chi connectivity index (χ0) is 11.8. The van der Waals surface area contributed by atoms with Crippen LogP contribution < -0.4 is 5.73 Å². The summed E-state index contributed by atoms with van der Waals surface area (Å²) in [5, 5.41) is 1.01. The maximum absolute atomic E-state index is 5.66. The van der Waals surface area contributed by atoms with Crippen molar-refractivity contribution in [3.63, 3.8) is 0 Å².